The molecule has 0 amide bonds. The maximum Gasteiger partial charge on any atom is 0.307 e. The average Bonchev–Trinajstić information content (AvgIpc) is 2.18. The van der Waals surface area contributed by atoms with E-state index in [0.717, 1.165) is 30.6 Å². The number of carboxylic acids is 1. The number of fused-ring (bicyclic) bond motifs is 1. The summed E-state index contributed by atoms with van der Waals surface area (Å²) in [4.78, 5) is 10.6. The van der Waals surface area contributed by atoms with Gasteiger partial charge in [-0.3, -0.25) is 4.79 Å². The second-order valence-corrected chi connectivity index (χ2v) is 3.54. The van der Waals surface area contributed by atoms with Crippen LogP contribution in [-0.2, 0) is 17.6 Å². The van der Waals surface area contributed by atoms with Crippen LogP contribution in [0.2, 0.25) is 0 Å². The van der Waals surface area contributed by atoms with Crippen LogP contribution in [0.1, 0.15) is 17.5 Å². The van der Waals surface area contributed by atoms with Crippen LogP contribution in [0.25, 0.3) is 0 Å². The molecule has 14 heavy (non-hydrogen) atoms. The minimum Gasteiger partial charge on any atom is -0.481 e. The first kappa shape index (κ1) is 9.06. The highest BCUT2D eigenvalue weighted by Gasteiger charge is 2.13. The van der Waals surface area contributed by atoms with Gasteiger partial charge in [0.1, 0.15) is 0 Å². The van der Waals surface area contributed by atoms with Crippen LogP contribution in [0, 0.1) is 0 Å². The Balaban J connectivity index is 2.35. The molecule has 0 aromatic heterocycles. The smallest absolute Gasteiger partial charge is 0.307 e. The second-order valence-electron chi connectivity index (χ2n) is 3.54. The molecule has 0 fully saturated rings. The summed E-state index contributed by atoms with van der Waals surface area (Å²) in [6.45, 7) is 0.990. The van der Waals surface area contributed by atoms with E-state index in [0.29, 0.717) is 0 Å². The molecule has 2 N–H and O–H groups in total. The lowest BCUT2D eigenvalue weighted by atomic mass is 9.96. The maximum absolute atomic E-state index is 10.6. The van der Waals surface area contributed by atoms with Crippen LogP contribution in [0.3, 0.4) is 0 Å². The first-order valence-corrected chi connectivity index (χ1v) is 4.84. The number of benzene rings is 1. The van der Waals surface area contributed by atoms with Gasteiger partial charge in [0.05, 0.1) is 6.42 Å². The molecule has 3 heteroatoms. The topological polar surface area (TPSA) is 49.3 Å². The zero-order chi connectivity index (χ0) is 9.97. The molecule has 0 radical (unpaired) electrons. The van der Waals surface area contributed by atoms with Gasteiger partial charge in [-0.25, -0.2) is 0 Å². The largest absolute Gasteiger partial charge is 0.481 e. The molecule has 0 unspecified atom stereocenters. The maximum atomic E-state index is 10.6. The molecule has 1 aromatic rings. The third-order valence-corrected chi connectivity index (χ3v) is 2.53. The Morgan fingerprint density at radius 3 is 3.14 bits per heavy atom. The van der Waals surface area contributed by atoms with Crippen LogP contribution in [-0.4, -0.2) is 17.6 Å². The van der Waals surface area contributed by atoms with Gasteiger partial charge in [0.2, 0.25) is 0 Å². The molecule has 74 valence electrons. The van der Waals surface area contributed by atoms with Gasteiger partial charge in [-0.15, -0.1) is 0 Å². The molecule has 1 aromatic carbocycles. The van der Waals surface area contributed by atoms with E-state index in [1.807, 2.05) is 18.2 Å². The van der Waals surface area contributed by atoms with Gasteiger partial charge in [0, 0.05) is 12.2 Å². The zero-order valence-corrected chi connectivity index (χ0v) is 7.92. The Labute approximate surface area is 82.8 Å². The normalized spacial score (nSPS) is 14.3. The molecule has 0 saturated heterocycles. The predicted octanol–water partition coefficient (Wildman–Crippen LogP) is 1.67. The number of nitrogens with one attached hydrogen (secondary N) is 1. The molecule has 0 aliphatic carbocycles. The summed E-state index contributed by atoms with van der Waals surface area (Å²) in [7, 11) is 0. The first-order valence-electron chi connectivity index (χ1n) is 4.84. The predicted molar refractivity (Wildman–Crippen MR) is 54.6 cm³/mol. The van der Waals surface area contributed by atoms with E-state index in [4.69, 9.17) is 5.11 Å². The molecular weight excluding hydrogens is 178 g/mol. The third kappa shape index (κ3) is 1.71. The second kappa shape index (κ2) is 3.70. The van der Waals surface area contributed by atoms with Crippen LogP contribution in [0.4, 0.5) is 5.69 Å². The average molecular weight is 191 g/mol. The Bertz CT molecular complexity index is 360. The summed E-state index contributed by atoms with van der Waals surface area (Å²) < 4.78 is 0. The van der Waals surface area contributed by atoms with Crippen molar-refractivity contribution < 1.29 is 9.90 Å². The number of carboxylic acid groups (broad SMARTS) is 1. The van der Waals surface area contributed by atoms with Crippen molar-refractivity contribution in [3.8, 4) is 0 Å². The highest BCUT2D eigenvalue weighted by molar-refractivity contribution is 5.72. The molecule has 3 nitrogen and oxygen atoms in total. The van der Waals surface area contributed by atoms with Crippen molar-refractivity contribution in [2.24, 2.45) is 0 Å². The van der Waals surface area contributed by atoms with E-state index >= 15 is 0 Å². The van der Waals surface area contributed by atoms with Crippen molar-refractivity contribution in [3.05, 3.63) is 29.3 Å². The summed E-state index contributed by atoms with van der Waals surface area (Å²) in [5.74, 6) is -0.760. The van der Waals surface area contributed by atoms with Crippen molar-refractivity contribution >= 4 is 11.7 Å². The minimum absolute atomic E-state index is 0.130. The fourth-order valence-corrected chi connectivity index (χ4v) is 1.91. The van der Waals surface area contributed by atoms with E-state index in [1.54, 1.807) is 0 Å². The van der Waals surface area contributed by atoms with Crippen molar-refractivity contribution in [2.75, 3.05) is 11.9 Å². The fourth-order valence-electron chi connectivity index (χ4n) is 1.91. The number of carbonyl (C=O) groups is 1. The van der Waals surface area contributed by atoms with Gasteiger partial charge in [-0.1, -0.05) is 12.1 Å². The van der Waals surface area contributed by atoms with Gasteiger partial charge in [-0.2, -0.15) is 0 Å². The Morgan fingerprint density at radius 2 is 2.36 bits per heavy atom. The molecule has 0 bridgehead atoms. The van der Waals surface area contributed by atoms with Crippen molar-refractivity contribution in [2.45, 2.75) is 19.3 Å². The molecule has 0 spiro atoms. The van der Waals surface area contributed by atoms with Gasteiger partial charge in [-0.05, 0) is 30.0 Å². The minimum atomic E-state index is -0.760. The van der Waals surface area contributed by atoms with Crippen LogP contribution in [0.15, 0.2) is 18.2 Å². The van der Waals surface area contributed by atoms with E-state index < -0.39 is 5.97 Å². The summed E-state index contributed by atoms with van der Waals surface area (Å²) in [5, 5.41) is 12.0. The standard InChI is InChI=1S/C11H13NO2/c13-11(14)7-8-3-1-5-10-9(8)4-2-6-12-10/h1,3,5,12H,2,4,6-7H2,(H,13,14). The fraction of sp³-hybridized carbons (Fsp3) is 0.364. The van der Waals surface area contributed by atoms with Gasteiger partial charge < -0.3 is 10.4 Å². The van der Waals surface area contributed by atoms with Crippen molar-refractivity contribution in [1.29, 1.82) is 0 Å². The first-order chi connectivity index (χ1) is 6.77. The van der Waals surface area contributed by atoms with Crippen molar-refractivity contribution in [1.82, 2.24) is 0 Å². The highest BCUT2D eigenvalue weighted by Crippen LogP contribution is 2.25. The van der Waals surface area contributed by atoms with E-state index in [2.05, 4.69) is 5.32 Å². The lowest BCUT2D eigenvalue weighted by Gasteiger charge is -2.20. The number of rotatable bonds is 2. The number of hydrogen-bond acceptors (Lipinski definition) is 2. The monoisotopic (exact) mass is 191 g/mol. The molecule has 0 atom stereocenters. The summed E-state index contributed by atoms with van der Waals surface area (Å²) in [6, 6.07) is 5.83. The van der Waals surface area contributed by atoms with E-state index in [-0.39, 0.29) is 6.42 Å². The summed E-state index contributed by atoms with van der Waals surface area (Å²) >= 11 is 0. The quantitative estimate of drug-likeness (QED) is 0.747. The van der Waals surface area contributed by atoms with Gasteiger partial charge >= 0.3 is 5.97 Å². The lowest BCUT2D eigenvalue weighted by Crippen LogP contribution is -2.14. The summed E-state index contributed by atoms with van der Waals surface area (Å²) in [6.07, 6.45) is 2.21. The number of hydrogen-bond donors (Lipinski definition) is 2. The van der Waals surface area contributed by atoms with E-state index in [9.17, 15) is 4.79 Å². The Morgan fingerprint density at radius 1 is 1.50 bits per heavy atom. The zero-order valence-electron chi connectivity index (χ0n) is 7.92. The molecule has 1 aliphatic rings. The van der Waals surface area contributed by atoms with Gasteiger partial charge in [0.25, 0.3) is 0 Å². The lowest BCUT2D eigenvalue weighted by molar-refractivity contribution is -0.136. The summed E-state index contributed by atoms with van der Waals surface area (Å²) in [5.41, 5.74) is 3.23. The van der Waals surface area contributed by atoms with Gasteiger partial charge in [0.15, 0.2) is 0 Å². The third-order valence-electron chi connectivity index (χ3n) is 2.53. The number of aliphatic carboxylic acids is 1. The Kier molecular flexibility index (Phi) is 2.39. The van der Waals surface area contributed by atoms with E-state index in [1.165, 1.54) is 5.56 Å². The number of anilines is 1. The molecule has 1 heterocycles. The van der Waals surface area contributed by atoms with Crippen LogP contribution >= 0.6 is 0 Å². The molecule has 2 rings (SSSR count). The van der Waals surface area contributed by atoms with Crippen molar-refractivity contribution in [3.63, 3.8) is 0 Å². The molecular formula is C11H13NO2. The molecule has 1 aliphatic heterocycles. The van der Waals surface area contributed by atoms with Crippen LogP contribution < -0.4 is 5.32 Å². The van der Waals surface area contributed by atoms with Crippen LogP contribution in [0.5, 0.6) is 0 Å². The Hall–Kier alpha value is -1.51. The molecule has 0 saturated carbocycles. The SMILES string of the molecule is O=C(O)Cc1cccc2c1CCCN2. The highest BCUT2D eigenvalue weighted by atomic mass is 16.4.